The third kappa shape index (κ3) is 6.66. The Bertz CT molecular complexity index is 1800. The summed E-state index contributed by atoms with van der Waals surface area (Å²) < 4.78 is 84.6. The Morgan fingerprint density at radius 1 is 1.02 bits per heavy atom. The summed E-state index contributed by atoms with van der Waals surface area (Å²) in [7, 11) is 0. The zero-order valence-electron chi connectivity index (χ0n) is 23.5. The molecule has 0 bridgehead atoms. The van der Waals surface area contributed by atoms with Gasteiger partial charge in [-0.05, 0) is 47.9 Å². The molecule has 2 aromatic heterocycles. The van der Waals surface area contributed by atoms with Crippen molar-refractivity contribution in [3.8, 4) is 11.1 Å². The van der Waals surface area contributed by atoms with Crippen LogP contribution in [-0.4, -0.2) is 37.4 Å². The summed E-state index contributed by atoms with van der Waals surface area (Å²) in [6.07, 6.45) is -3.70. The number of carbonyl (C=O) groups excluding carboxylic acids is 3. The number of halogens is 6. The van der Waals surface area contributed by atoms with E-state index < -0.39 is 65.2 Å². The van der Waals surface area contributed by atoms with Gasteiger partial charge in [-0.3, -0.25) is 24.0 Å². The molecule has 0 unspecified atom stereocenters. The molecule has 2 aromatic carbocycles. The molecule has 3 amide bonds. The van der Waals surface area contributed by atoms with Gasteiger partial charge in [-0.25, -0.2) is 13.2 Å². The molecule has 15 heteroatoms. The molecule has 0 spiro atoms. The second-order valence-electron chi connectivity index (χ2n) is 10.4. The lowest BCUT2D eigenvalue weighted by molar-refractivity contribution is -0.143. The van der Waals surface area contributed by atoms with Gasteiger partial charge in [-0.15, -0.1) is 0 Å². The Labute approximate surface area is 251 Å². The molecule has 1 aliphatic heterocycles. The van der Waals surface area contributed by atoms with Crippen LogP contribution in [0.3, 0.4) is 0 Å². The van der Waals surface area contributed by atoms with Gasteiger partial charge >= 0.3 is 6.18 Å². The zero-order valence-corrected chi connectivity index (χ0v) is 23.5. The summed E-state index contributed by atoms with van der Waals surface area (Å²) in [5, 5.41) is 6.29. The van der Waals surface area contributed by atoms with Crippen LogP contribution in [0.15, 0.2) is 54.7 Å². The van der Waals surface area contributed by atoms with E-state index in [9.17, 15) is 40.7 Å². The maximum Gasteiger partial charge on any atom is 0.435 e. The van der Waals surface area contributed by atoms with Crippen molar-refractivity contribution in [2.45, 2.75) is 45.2 Å². The molecule has 0 saturated carbocycles. The smallest absolute Gasteiger partial charge is 0.366 e. The Hall–Kier alpha value is -5.21. The number of alkyl halides is 3. The lowest BCUT2D eigenvalue weighted by atomic mass is 9.94. The van der Waals surface area contributed by atoms with E-state index in [1.165, 1.54) is 36.2 Å². The first kappa shape index (κ1) is 31.2. The average molecular weight is 631 g/mol. The molecule has 0 fully saturated rings. The highest BCUT2D eigenvalue weighted by Crippen LogP contribution is 2.37. The maximum atomic E-state index is 14.2. The van der Waals surface area contributed by atoms with E-state index in [2.05, 4.69) is 15.4 Å². The topological polar surface area (TPSA) is 123 Å². The van der Waals surface area contributed by atoms with E-state index in [1.807, 2.05) is 0 Å². The monoisotopic (exact) mass is 630 g/mol. The van der Waals surface area contributed by atoms with E-state index in [-0.39, 0.29) is 47.6 Å². The van der Waals surface area contributed by atoms with Crippen LogP contribution in [0.5, 0.6) is 0 Å². The van der Waals surface area contributed by atoms with Crippen LogP contribution >= 0.6 is 0 Å². The number of pyridine rings is 1. The number of nitrogens with two attached hydrogens (primary N) is 1. The van der Waals surface area contributed by atoms with Crippen molar-refractivity contribution >= 4 is 17.7 Å². The van der Waals surface area contributed by atoms with Crippen LogP contribution < -0.4 is 11.1 Å². The molecule has 0 saturated heterocycles. The minimum Gasteiger partial charge on any atom is -0.366 e. The zero-order chi connectivity index (χ0) is 32.6. The molecule has 0 aliphatic carbocycles. The fourth-order valence-electron chi connectivity index (χ4n) is 5.26. The van der Waals surface area contributed by atoms with Crippen molar-refractivity contribution < 1.29 is 40.7 Å². The third-order valence-corrected chi connectivity index (χ3v) is 7.27. The fourth-order valence-corrected chi connectivity index (χ4v) is 5.26. The normalized spacial score (nSPS) is 13.4. The van der Waals surface area contributed by atoms with E-state index in [4.69, 9.17) is 5.73 Å². The van der Waals surface area contributed by atoms with Gasteiger partial charge in [0.1, 0.15) is 24.0 Å². The van der Waals surface area contributed by atoms with Crippen LogP contribution in [0.4, 0.5) is 26.3 Å². The lowest BCUT2D eigenvalue weighted by Crippen LogP contribution is -2.34. The lowest BCUT2D eigenvalue weighted by Gasteiger charge is -2.22. The molecule has 3 N–H and O–H groups in total. The SMILES string of the molecule is CC(=O)N1Cc2c(C(F)(F)F)nn(CC(=O)N[C@@H](Cc3cc(F)cc(F)c3)c3ncccc3-c3ccc(F)c(C(N)=O)c3)c2C1. The molecule has 4 aromatic rings. The average Bonchev–Trinajstić information content (AvgIpc) is 3.53. The molecular weight excluding hydrogens is 606 g/mol. The van der Waals surface area contributed by atoms with E-state index in [1.54, 1.807) is 6.07 Å². The van der Waals surface area contributed by atoms with Gasteiger partial charge < -0.3 is 16.0 Å². The number of hydrogen-bond donors (Lipinski definition) is 2. The third-order valence-electron chi connectivity index (χ3n) is 7.27. The van der Waals surface area contributed by atoms with Crippen molar-refractivity contribution in [1.29, 1.82) is 0 Å². The van der Waals surface area contributed by atoms with Crippen molar-refractivity contribution in [2.24, 2.45) is 5.73 Å². The van der Waals surface area contributed by atoms with Crippen LogP contribution in [0.25, 0.3) is 11.1 Å². The minimum atomic E-state index is -4.84. The first-order valence-electron chi connectivity index (χ1n) is 13.4. The highest BCUT2D eigenvalue weighted by Gasteiger charge is 2.42. The molecule has 45 heavy (non-hydrogen) atoms. The van der Waals surface area contributed by atoms with Gasteiger partial charge in [0.25, 0.3) is 5.91 Å². The van der Waals surface area contributed by atoms with Crippen LogP contribution in [0, 0.1) is 17.5 Å². The first-order valence-corrected chi connectivity index (χ1v) is 13.4. The van der Waals surface area contributed by atoms with Gasteiger partial charge in [0.2, 0.25) is 11.8 Å². The fraction of sp³-hybridized carbons (Fsp3) is 0.233. The summed E-state index contributed by atoms with van der Waals surface area (Å²) in [6.45, 7) is 0.00541. The summed E-state index contributed by atoms with van der Waals surface area (Å²) in [6, 6.07) is 8.24. The molecule has 0 radical (unpaired) electrons. The summed E-state index contributed by atoms with van der Waals surface area (Å²) >= 11 is 0. The van der Waals surface area contributed by atoms with E-state index >= 15 is 0 Å². The Kier molecular flexibility index (Phi) is 8.36. The largest absolute Gasteiger partial charge is 0.435 e. The highest BCUT2D eigenvalue weighted by atomic mass is 19.4. The van der Waals surface area contributed by atoms with Crippen LogP contribution in [0.1, 0.15) is 51.5 Å². The van der Waals surface area contributed by atoms with Crippen molar-refractivity contribution in [2.75, 3.05) is 0 Å². The van der Waals surface area contributed by atoms with Crippen molar-refractivity contribution in [3.05, 3.63) is 106 Å². The molecule has 5 rings (SSSR count). The first-order chi connectivity index (χ1) is 21.2. The van der Waals surface area contributed by atoms with E-state index in [0.717, 1.165) is 22.9 Å². The highest BCUT2D eigenvalue weighted by molar-refractivity contribution is 5.94. The molecule has 9 nitrogen and oxygen atoms in total. The number of nitrogens with one attached hydrogen (secondary N) is 1. The second kappa shape index (κ2) is 12.1. The Morgan fingerprint density at radius 3 is 2.38 bits per heavy atom. The van der Waals surface area contributed by atoms with Gasteiger partial charge in [0.05, 0.1) is 36.1 Å². The molecule has 1 atom stereocenters. The number of nitrogens with zero attached hydrogens (tertiary/aromatic N) is 4. The number of fused-ring (bicyclic) bond motifs is 1. The molecule has 234 valence electrons. The quantitative estimate of drug-likeness (QED) is 0.279. The number of hydrogen-bond acceptors (Lipinski definition) is 5. The number of amides is 3. The van der Waals surface area contributed by atoms with Crippen molar-refractivity contribution in [1.82, 2.24) is 25.0 Å². The van der Waals surface area contributed by atoms with Crippen molar-refractivity contribution in [3.63, 3.8) is 0 Å². The minimum absolute atomic E-state index is 0.0419. The summed E-state index contributed by atoms with van der Waals surface area (Å²) in [5.74, 6) is -4.96. The molecule has 1 aliphatic rings. The predicted octanol–water partition coefficient (Wildman–Crippen LogP) is 4.44. The number of primary amides is 1. The summed E-state index contributed by atoms with van der Waals surface area (Å²) in [4.78, 5) is 42.6. The Balaban J connectivity index is 1.52. The Morgan fingerprint density at radius 2 is 1.73 bits per heavy atom. The number of benzene rings is 2. The van der Waals surface area contributed by atoms with E-state index in [0.29, 0.717) is 11.6 Å². The summed E-state index contributed by atoms with van der Waals surface area (Å²) in [5.41, 5.74) is 4.33. The number of aromatic nitrogens is 3. The van der Waals surface area contributed by atoms with Crippen LogP contribution in [0.2, 0.25) is 0 Å². The van der Waals surface area contributed by atoms with Crippen LogP contribution in [-0.2, 0) is 41.8 Å². The van der Waals surface area contributed by atoms with Gasteiger partial charge in [0, 0.05) is 30.3 Å². The number of rotatable bonds is 8. The predicted molar refractivity (Wildman–Crippen MR) is 146 cm³/mol. The second-order valence-corrected chi connectivity index (χ2v) is 10.4. The van der Waals surface area contributed by atoms with Gasteiger partial charge in [-0.1, -0.05) is 12.1 Å². The molecular formula is C30H24F6N6O3. The standard InChI is InChI=1S/C30H24F6N6O3/c1-15(43)41-12-22-25(13-41)42(40-28(22)30(34,35)36)14-26(44)39-24(9-16-7-18(31)11-19(32)8-16)27-20(3-2-6-38-27)17-4-5-23(33)21(10-17)29(37)45/h2-8,10-11,24H,9,12-14H2,1H3,(H2,37,45)(H,39,44)/t24-/m0/s1. The van der Waals surface area contributed by atoms with Gasteiger partial charge in [-0.2, -0.15) is 18.3 Å². The van der Waals surface area contributed by atoms with Gasteiger partial charge in [0.15, 0.2) is 5.69 Å². The maximum absolute atomic E-state index is 14.2. The number of carbonyl (C=O) groups is 3. The molecule has 3 heterocycles.